The summed E-state index contributed by atoms with van der Waals surface area (Å²) in [5, 5.41) is 30.2. The first-order chi connectivity index (χ1) is 10.0. The number of unbranched alkanes of at least 4 members (excludes halogenated alkanes) is 3. The van der Waals surface area contributed by atoms with Crippen molar-refractivity contribution in [3.05, 3.63) is 11.5 Å². The first-order valence-electron chi connectivity index (χ1n) is 6.90. The maximum Gasteiger partial charge on any atom is 0.412 e. The Bertz CT molecular complexity index is 407. The summed E-state index contributed by atoms with van der Waals surface area (Å²) in [6.07, 6.45) is 0.106. The second kappa shape index (κ2) is 8.48. The largest absolute Gasteiger partial charge is 0.505 e. The van der Waals surface area contributed by atoms with Gasteiger partial charge in [-0.05, 0) is 6.42 Å². The number of alkyl carbamates (subject to hydrolysis) is 1. The van der Waals surface area contributed by atoms with E-state index in [1.165, 1.54) is 0 Å². The summed E-state index contributed by atoms with van der Waals surface area (Å²) in [4.78, 5) is 22.9. The molecule has 1 aliphatic heterocycles. The first-order valence-corrected chi connectivity index (χ1v) is 6.90. The molecule has 21 heavy (non-hydrogen) atoms. The molecule has 0 fully saturated rings. The third kappa shape index (κ3) is 4.91. The molecule has 0 radical (unpaired) electrons. The second-order valence-corrected chi connectivity index (χ2v) is 4.67. The number of hydrogen-bond donors (Lipinski definition) is 4. The Morgan fingerprint density at radius 2 is 2.14 bits per heavy atom. The van der Waals surface area contributed by atoms with Crippen molar-refractivity contribution >= 4 is 12.1 Å². The smallest absolute Gasteiger partial charge is 0.412 e. The summed E-state index contributed by atoms with van der Waals surface area (Å²) in [7, 11) is 0. The van der Waals surface area contributed by atoms with Gasteiger partial charge in [-0.1, -0.05) is 26.2 Å². The summed E-state index contributed by atoms with van der Waals surface area (Å²) in [5.74, 6) is -2.44. The van der Waals surface area contributed by atoms with Gasteiger partial charge in [0.2, 0.25) is 0 Å². The topological polar surface area (TPSA) is 125 Å². The van der Waals surface area contributed by atoms with Crippen LogP contribution in [0.3, 0.4) is 0 Å². The molecule has 2 atom stereocenters. The zero-order valence-electron chi connectivity index (χ0n) is 11.9. The Balaban J connectivity index is 2.47. The Morgan fingerprint density at radius 1 is 1.43 bits per heavy atom. The maximum atomic E-state index is 11.5. The van der Waals surface area contributed by atoms with E-state index in [0.29, 0.717) is 6.54 Å². The zero-order chi connectivity index (χ0) is 15.8. The predicted octanol–water partition coefficient (Wildman–Crippen LogP) is 0.341. The molecular weight excluding hydrogens is 282 g/mol. The van der Waals surface area contributed by atoms with Crippen LogP contribution in [-0.2, 0) is 14.3 Å². The third-order valence-electron chi connectivity index (χ3n) is 2.95. The van der Waals surface area contributed by atoms with Crippen LogP contribution in [0.15, 0.2) is 11.5 Å². The maximum absolute atomic E-state index is 11.5. The minimum Gasteiger partial charge on any atom is -0.505 e. The van der Waals surface area contributed by atoms with Crippen LogP contribution in [0.1, 0.15) is 32.6 Å². The molecule has 1 rings (SSSR count). The van der Waals surface area contributed by atoms with Crippen molar-refractivity contribution in [2.45, 2.75) is 44.8 Å². The summed E-state index contributed by atoms with van der Waals surface area (Å²) in [6.45, 7) is 1.75. The molecule has 0 aromatic carbocycles. The molecule has 1 aliphatic rings. The van der Waals surface area contributed by atoms with Crippen LogP contribution < -0.4 is 5.32 Å². The lowest BCUT2D eigenvalue weighted by atomic mass is 10.2. The van der Waals surface area contributed by atoms with Crippen molar-refractivity contribution in [1.82, 2.24) is 5.32 Å². The van der Waals surface area contributed by atoms with E-state index in [2.05, 4.69) is 21.7 Å². The van der Waals surface area contributed by atoms with E-state index in [1.54, 1.807) is 0 Å². The van der Waals surface area contributed by atoms with Crippen molar-refractivity contribution in [3.8, 4) is 0 Å². The number of amides is 1. The molecule has 0 aromatic rings. The Hall–Kier alpha value is -1.80. The van der Waals surface area contributed by atoms with Crippen LogP contribution in [0, 0.1) is 0 Å². The average Bonchev–Trinajstić information content (AvgIpc) is 2.74. The van der Waals surface area contributed by atoms with Gasteiger partial charge < -0.3 is 30.1 Å². The first kappa shape index (κ1) is 17.3. The number of ether oxygens (including phenoxy) is 2. The molecular formula is C13H21NO7. The zero-order valence-corrected chi connectivity index (χ0v) is 11.9. The van der Waals surface area contributed by atoms with E-state index in [9.17, 15) is 19.8 Å². The molecule has 0 saturated carbocycles. The van der Waals surface area contributed by atoms with Crippen LogP contribution in [0.25, 0.3) is 0 Å². The molecule has 120 valence electrons. The fraction of sp³-hybridized carbons (Fsp3) is 0.692. The molecule has 0 bridgehead atoms. The molecule has 0 saturated heterocycles. The highest BCUT2D eigenvalue weighted by Gasteiger charge is 2.41. The van der Waals surface area contributed by atoms with Gasteiger partial charge in [-0.25, -0.2) is 9.59 Å². The lowest BCUT2D eigenvalue weighted by molar-refractivity contribution is -0.147. The van der Waals surface area contributed by atoms with E-state index >= 15 is 0 Å². The van der Waals surface area contributed by atoms with Gasteiger partial charge in [0.15, 0.2) is 11.9 Å². The van der Waals surface area contributed by atoms with Gasteiger partial charge in [0.1, 0.15) is 6.10 Å². The Kier molecular flexibility index (Phi) is 6.97. The van der Waals surface area contributed by atoms with E-state index in [0.717, 1.165) is 25.7 Å². The van der Waals surface area contributed by atoms with Crippen LogP contribution in [0.2, 0.25) is 0 Å². The highest BCUT2D eigenvalue weighted by Crippen LogP contribution is 2.24. The van der Waals surface area contributed by atoms with Crippen molar-refractivity contribution in [1.29, 1.82) is 0 Å². The van der Waals surface area contributed by atoms with Crippen molar-refractivity contribution in [3.63, 3.8) is 0 Å². The fourth-order valence-electron chi connectivity index (χ4n) is 1.78. The number of esters is 1. The number of carbonyl (C=O) groups excluding carboxylic acids is 2. The predicted molar refractivity (Wildman–Crippen MR) is 71.3 cm³/mol. The van der Waals surface area contributed by atoms with Crippen LogP contribution in [-0.4, -0.2) is 52.7 Å². The number of aliphatic hydroxyl groups excluding tert-OH is 3. The van der Waals surface area contributed by atoms with Crippen LogP contribution in [0.5, 0.6) is 0 Å². The van der Waals surface area contributed by atoms with Gasteiger partial charge >= 0.3 is 12.1 Å². The SMILES string of the molecule is CCCCCCNC(=O)OC1=C(O)C([C@@H](O)CO)OC1=O. The summed E-state index contributed by atoms with van der Waals surface area (Å²) in [5.41, 5.74) is 0. The molecule has 0 aliphatic carbocycles. The van der Waals surface area contributed by atoms with Crippen molar-refractivity contribution in [2.24, 2.45) is 0 Å². The summed E-state index contributed by atoms with van der Waals surface area (Å²) >= 11 is 0. The molecule has 1 unspecified atom stereocenters. The molecule has 1 amide bonds. The number of hydrogen-bond acceptors (Lipinski definition) is 7. The average molecular weight is 303 g/mol. The molecule has 8 nitrogen and oxygen atoms in total. The Labute approximate surface area is 122 Å². The van der Waals surface area contributed by atoms with Gasteiger partial charge in [-0.3, -0.25) is 0 Å². The van der Waals surface area contributed by atoms with Crippen LogP contribution >= 0.6 is 0 Å². The quantitative estimate of drug-likeness (QED) is 0.376. The van der Waals surface area contributed by atoms with Gasteiger partial charge in [0, 0.05) is 6.54 Å². The Morgan fingerprint density at radius 3 is 2.76 bits per heavy atom. The number of cyclic esters (lactones) is 1. The molecule has 0 aromatic heterocycles. The molecule has 0 spiro atoms. The van der Waals surface area contributed by atoms with E-state index in [4.69, 9.17) is 5.11 Å². The standard InChI is InChI=1S/C13H21NO7/c1-2-3-4-5-6-14-13(19)21-11-9(17)10(8(16)7-15)20-12(11)18/h8,10,15-17H,2-7H2,1H3,(H,14,19)/t8-,10?/m0/s1. The van der Waals surface area contributed by atoms with Crippen LogP contribution in [0.4, 0.5) is 4.79 Å². The monoisotopic (exact) mass is 303 g/mol. The molecule has 4 N–H and O–H groups in total. The lowest BCUT2D eigenvalue weighted by Crippen LogP contribution is -2.31. The minimum atomic E-state index is -1.48. The summed E-state index contributed by atoms with van der Waals surface area (Å²) < 4.78 is 9.30. The van der Waals surface area contributed by atoms with Crippen molar-refractivity contribution < 1.29 is 34.4 Å². The van der Waals surface area contributed by atoms with E-state index < -0.39 is 42.4 Å². The highest BCUT2D eigenvalue weighted by molar-refractivity contribution is 5.92. The van der Waals surface area contributed by atoms with Gasteiger partial charge in [-0.2, -0.15) is 0 Å². The lowest BCUT2D eigenvalue weighted by Gasteiger charge is -2.13. The molecule has 8 heteroatoms. The van der Waals surface area contributed by atoms with Gasteiger partial charge in [0.25, 0.3) is 5.76 Å². The normalized spacial score (nSPS) is 19.4. The second-order valence-electron chi connectivity index (χ2n) is 4.67. The number of nitrogens with one attached hydrogen (secondary N) is 1. The summed E-state index contributed by atoms with van der Waals surface area (Å²) in [6, 6.07) is 0. The molecule has 1 heterocycles. The van der Waals surface area contributed by atoms with E-state index in [-0.39, 0.29) is 0 Å². The highest BCUT2D eigenvalue weighted by atomic mass is 16.6. The minimum absolute atomic E-state index is 0.393. The fourth-order valence-corrected chi connectivity index (χ4v) is 1.78. The third-order valence-corrected chi connectivity index (χ3v) is 2.95. The number of rotatable bonds is 8. The number of carbonyl (C=O) groups is 2. The van der Waals surface area contributed by atoms with E-state index in [1.807, 2.05) is 0 Å². The number of aliphatic hydroxyl groups is 3. The van der Waals surface area contributed by atoms with Crippen molar-refractivity contribution in [2.75, 3.05) is 13.2 Å². The van der Waals surface area contributed by atoms with Gasteiger partial charge in [0.05, 0.1) is 6.61 Å². The van der Waals surface area contributed by atoms with Gasteiger partial charge in [-0.15, -0.1) is 0 Å².